The van der Waals surface area contributed by atoms with Crippen molar-refractivity contribution in [3.8, 4) is 0 Å². The van der Waals surface area contributed by atoms with Crippen LogP contribution in [0.15, 0.2) is 23.4 Å². The molecule has 1 unspecified atom stereocenters. The third kappa shape index (κ3) is 1.35. The van der Waals surface area contributed by atoms with Crippen LogP contribution in [0.25, 0.3) is 0 Å². The van der Waals surface area contributed by atoms with Crippen molar-refractivity contribution in [2.24, 2.45) is 5.73 Å². The van der Waals surface area contributed by atoms with Gasteiger partial charge in [0.25, 0.3) is 0 Å². The summed E-state index contributed by atoms with van der Waals surface area (Å²) in [5.74, 6) is 0. The molecule has 1 nitrogen and oxygen atoms in total. The normalized spacial score (nSPS) is 33.1. The van der Waals surface area contributed by atoms with Gasteiger partial charge in [0.1, 0.15) is 0 Å². The standard InChI is InChI=1S/C8H12ClN/c1-6-3-4-7(10)5-8(6,2)9/h3-4H,5,10H2,1-2H3. The Hall–Kier alpha value is -0.430. The molecule has 2 heteroatoms. The molecule has 0 heterocycles. The Labute approximate surface area is 66.6 Å². The van der Waals surface area contributed by atoms with E-state index < -0.39 is 0 Å². The number of nitrogens with two attached hydrogens (primary N) is 1. The maximum atomic E-state index is 6.13. The van der Waals surface area contributed by atoms with Gasteiger partial charge in [-0.25, -0.2) is 0 Å². The van der Waals surface area contributed by atoms with Gasteiger partial charge < -0.3 is 5.73 Å². The fourth-order valence-corrected chi connectivity index (χ4v) is 1.20. The molecule has 0 amide bonds. The third-order valence-corrected chi connectivity index (χ3v) is 2.34. The summed E-state index contributed by atoms with van der Waals surface area (Å²) >= 11 is 6.13. The molecule has 1 aliphatic carbocycles. The summed E-state index contributed by atoms with van der Waals surface area (Å²) in [6, 6.07) is 0. The van der Waals surface area contributed by atoms with E-state index >= 15 is 0 Å². The van der Waals surface area contributed by atoms with Gasteiger partial charge in [0.2, 0.25) is 0 Å². The lowest BCUT2D eigenvalue weighted by atomic mass is 9.92. The summed E-state index contributed by atoms with van der Waals surface area (Å²) in [6.07, 6.45) is 4.65. The predicted molar refractivity (Wildman–Crippen MR) is 44.9 cm³/mol. The molecule has 1 aliphatic rings. The van der Waals surface area contributed by atoms with Crippen molar-refractivity contribution in [3.63, 3.8) is 0 Å². The van der Waals surface area contributed by atoms with Gasteiger partial charge in [0.15, 0.2) is 0 Å². The van der Waals surface area contributed by atoms with Crippen molar-refractivity contribution in [3.05, 3.63) is 23.4 Å². The van der Waals surface area contributed by atoms with Gasteiger partial charge in [-0.15, -0.1) is 11.6 Å². The van der Waals surface area contributed by atoms with Crippen LogP contribution in [0.2, 0.25) is 0 Å². The van der Waals surface area contributed by atoms with E-state index in [1.807, 2.05) is 26.0 Å². The molecule has 0 aromatic heterocycles. The molecule has 0 saturated carbocycles. The van der Waals surface area contributed by atoms with Crippen molar-refractivity contribution >= 4 is 11.6 Å². The topological polar surface area (TPSA) is 26.0 Å². The van der Waals surface area contributed by atoms with Crippen LogP contribution in [0.3, 0.4) is 0 Å². The number of allylic oxidation sites excluding steroid dienone is 4. The van der Waals surface area contributed by atoms with E-state index in [1.54, 1.807) is 0 Å². The van der Waals surface area contributed by atoms with Crippen molar-refractivity contribution in [1.82, 2.24) is 0 Å². The maximum Gasteiger partial charge on any atom is 0.0681 e. The van der Waals surface area contributed by atoms with Crippen LogP contribution in [0.5, 0.6) is 0 Å². The molecular weight excluding hydrogens is 146 g/mol. The first-order valence-corrected chi connectivity index (χ1v) is 3.72. The Balaban J connectivity index is 2.89. The summed E-state index contributed by atoms with van der Waals surface area (Å²) < 4.78 is 0. The van der Waals surface area contributed by atoms with Gasteiger partial charge in [-0.2, -0.15) is 0 Å². The van der Waals surface area contributed by atoms with Crippen LogP contribution in [0, 0.1) is 0 Å². The molecule has 0 saturated heterocycles. The van der Waals surface area contributed by atoms with E-state index in [2.05, 4.69) is 0 Å². The van der Waals surface area contributed by atoms with E-state index in [4.69, 9.17) is 17.3 Å². The number of halogens is 1. The molecule has 0 radical (unpaired) electrons. The van der Waals surface area contributed by atoms with E-state index in [9.17, 15) is 0 Å². The highest BCUT2D eigenvalue weighted by Crippen LogP contribution is 2.32. The fraction of sp³-hybridized carbons (Fsp3) is 0.500. The van der Waals surface area contributed by atoms with Gasteiger partial charge in [-0.05, 0) is 19.9 Å². The lowest BCUT2D eigenvalue weighted by Crippen LogP contribution is -2.23. The highest BCUT2D eigenvalue weighted by Gasteiger charge is 2.25. The predicted octanol–water partition coefficient (Wildman–Crippen LogP) is 2.18. The summed E-state index contributed by atoms with van der Waals surface area (Å²) in [7, 11) is 0. The second-order valence-corrected chi connectivity index (χ2v) is 3.80. The zero-order valence-corrected chi connectivity index (χ0v) is 7.07. The third-order valence-electron chi connectivity index (χ3n) is 1.91. The quantitative estimate of drug-likeness (QED) is 0.536. The van der Waals surface area contributed by atoms with Crippen LogP contribution >= 0.6 is 11.6 Å². The van der Waals surface area contributed by atoms with E-state index in [-0.39, 0.29) is 4.87 Å². The van der Waals surface area contributed by atoms with Crippen LogP contribution in [-0.4, -0.2) is 4.87 Å². The highest BCUT2D eigenvalue weighted by atomic mass is 35.5. The molecule has 10 heavy (non-hydrogen) atoms. The Morgan fingerprint density at radius 1 is 1.60 bits per heavy atom. The monoisotopic (exact) mass is 157 g/mol. The molecule has 56 valence electrons. The lowest BCUT2D eigenvalue weighted by molar-refractivity contribution is 0.699. The first-order chi connectivity index (χ1) is 4.52. The molecule has 0 fully saturated rings. The molecular formula is C8H12ClN. The first-order valence-electron chi connectivity index (χ1n) is 3.35. The van der Waals surface area contributed by atoms with Crippen LogP contribution in [-0.2, 0) is 0 Å². The minimum atomic E-state index is -0.251. The Bertz CT molecular complexity index is 201. The van der Waals surface area contributed by atoms with Gasteiger partial charge in [0, 0.05) is 12.1 Å². The van der Waals surface area contributed by atoms with Crippen LogP contribution in [0.1, 0.15) is 20.3 Å². The van der Waals surface area contributed by atoms with Gasteiger partial charge >= 0.3 is 0 Å². The summed E-state index contributed by atoms with van der Waals surface area (Å²) in [4.78, 5) is -0.251. The molecule has 2 N–H and O–H groups in total. The Morgan fingerprint density at radius 2 is 2.20 bits per heavy atom. The van der Waals surface area contributed by atoms with Crippen molar-refractivity contribution in [2.75, 3.05) is 0 Å². The van der Waals surface area contributed by atoms with Crippen molar-refractivity contribution < 1.29 is 0 Å². The average Bonchev–Trinajstić information content (AvgIpc) is 1.78. The number of rotatable bonds is 0. The van der Waals surface area contributed by atoms with Gasteiger partial charge in [-0.3, -0.25) is 0 Å². The molecule has 0 bridgehead atoms. The highest BCUT2D eigenvalue weighted by molar-refractivity contribution is 6.25. The zero-order valence-electron chi connectivity index (χ0n) is 6.32. The van der Waals surface area contributed by atoms with E-state index in [1.165, 1.54) is 5.57 Å². The minimum absolute atomic E-state index is 0.251. The lowest BCUT2D eigenvalue weighted by Gasteiger charge is -2.26. The minimum Gasteiger partial charge on any atom is -0.402 e. The average molecular weight is 158 g/mol. The maximum absolute atomic E-state index is 6.13. The van der Waals surface area contributed by atoms with E-state index in [0.29, 0.717) is 0 Å². The zero-order chi connectivity index (χ0) is 7.78. The summed E-state index contributed by atoms with van der Waals surface area (Å²) in [5.41, 5.74) is 7.65. The summed E-state index contributed by atoms with van der Waals surface area (Å²) in [6.45, 7) is 4.01. The molecule has 0 aliphatic heterocycles. The van der Waals surface area contributed by atoms with Crippen LogP contribution in [0.4, 0.5) is 0 Å². The molecule has 1 atom stereocenters. The number of hydrogen-bond donors (Lipinski definition) is 1. The van der Waals surface area contributed by atoms with Gasteiger partial charge in [-0.1, -0.05) is 11.6 Å². The number of hydrogen-bond acceptors (Lipinski definition) is 1. The van der Waals surface area contributed by atoms with Crippen LogP contribution < -0.4 is 5.73 Å². The molecule has 1 rings (SSSR count). The van der Waals surface area contributed by atoms with Gasteiger partial charge in [0.05, 0.1) is 4.87 Å². The SMILES string of the molecule is CC1=CC=C(N)CC1(C)Cl. The first kappa shape index (κ1) is 7.67. The molecule has 0 aromatic rings. The Kier molecular flexibility index (Phi) is 1.78. The second-order valence-electron chi connectivity index (χ2n) is 2.97. The summed E-state index contributed by atoms with van der Waals surface area (Å²) in [5, 5.41) is 0. The van der Waals surface area contributed by atoms with Crippen molar-refractivity contribution in [1.29, 1.82) is 0 Å². The van der Waals surface area contributed by atoms with E-state index in [0.717, 1.165) is 12.1 Å². The number of alkyl halides is 1. The Morgan fingerprint density at radius 3 is 2.60 bits per heavy atom. The smallest absolute Gasteiger partial charge is 0.0681 e. The fourth-order valence-electron chi connectivity index (χ4n) is 0.987. The molecule has 0 aromatic carbocycles. The second kappa shape index (κ2) is 2.31. The largest absolute Gasteiger partial charge is 0.402 e. The molecule has 0 spiro atoms. The van der Waals surface area contributed by atoms with Crippen molar-refractivity contribution in [2.45, 2.75) is 25.1 Å².